The number of phenolic OH excluding ortho intramolecular Hbond substituents is 1. The highest BCUT2D eigenvalue weighted by Gasteiger charge is 2.36. The average molecular weight is 356 g/mol. The van der Waals surface area contributed by atoms with E-state index in [0.29, 0.717) is 22.9 Å². The molecule has 2 aromatic carbocycles. The molecule has 26 heavy (non-hydrogen) atoms. The first-order valence-corrected chi connectivity index (χ1v) is 8.14. The van der Waals surface area contributed by atoms with Gasteiger partial charge in [-0.3, -0.25) is 9.59 Å². The molecular formula is C19H20N2O5. The van der Waals surface area contributed by atoms with Gasteiger partial charge in [0.05, 0.1) is 25.8 Å². The Morgan fingerprint density at radius 2 is 2.00 bits per heavy atom. The molecule has 0 aliphatic carbocycles. The van der Waals surface area contributed by atoms with Gasteiger partial charge in [-0.05, 0) is 24.3 Å². The van der Waals surface area contributed by atoms with E-state index in [4.69, 9.17) is 9.47 Å². The van der Waals surface area contributed by atoms with Crippen LogP contribution >= 0.6 is 0 Å². The third-order valence-corrected chi connectivity index (χ3v) is 4.29. The third-order valence-electron chi connectivity index (χ3n) is 4.29. The average Bonchev–Trinajstić information content (AvgIpc) is 3.03. The Kier molecular flexibility index (Phi) is 4.97. The van der Waals surface area contributed by atoms with Crippen LogP contribution in [0.5, 0.6) is 17.2 Å². The fourth-order valence-corrected chi connectivity index (χ4v) is 2.95. The lowest BCUT2D eigenvalue weighted by Crippen LogP contribution is -2.28. The highest BCUT2D eigenvalue weighted by atomic mass is 16.5. The first-order valence-electron chi connectivity index (χ1n) is 8.14. The molecule has 7 nitrogen and oxygen atoms in total. The van der Waals surface area contributed by atoms with Crippen molar-refractivity contribution in [2.24, 2.45) is 5.92 Å². The van der Waals surface area contributed by atoms with E-state index < -0.39 is 5.92 Å². The number of nitrogens with zero attached hydrogens (tertiary/aromatic N) is 1. The van der Waals surface area contributed by atoms with E-state index in [1.807, 2.05) is 0 Å². The minimum atomic E-state index is -0.489. The molecule has 2 aromatic rings. The molecule has 1 aliphatic rings. The standard InChI is InChI=1S/C19H20N2O5/c1-25-15-6-7-16(17(10-15)26-2)21-11-12(8-18(21)23)19(24)20-13-4-3-5-14(22)9-13/h3-7,9-10,12,22H,8,11H2,1-2H3,(H,20,24)/t12-/m1/s1. The van der Waals surface area contributed by atoms with Gasteiger partial charge >= 0.3 is 0 Å². The van der Waals surface area contributed by atoms with Crippen molar-refractivity contribution in [3.05, 3.63) is 42.5 Å². The monoisotopic (exact) mass is 356 g/mol. The van der Waals surface area contributed by atoms with Gasteiger partial charge in [0, 0.05) is 30.8 Å². The van der Waals surface area contributed by atoms with Crippen LogP contribution in [0.3, 0.4) is 0 Å². The fourth-order valence-electron chi connectivity index (χ4n) is 2.95. The molecule has 1 saturated heterocycles. The van der Waals surface area contributed by atoms with Crippen molar-refractivity contribution in [3.63, 3.8) is 0 Å². The van der Waals surface area contributed by atoms with E-state index in [1.54, 1.807) is 42.3 Å². The van der Waals surface area contributed by atoms with Crippen LogP contribution in [0.25, 0.3) is 0 Å². The zero-order valence-corrected chi connectivity index (χ0v) is 14.6. The topological polar surface area (TPSA) is 88.1 Å². The summed E-state index contributed by atoms with van der Waals surface area (Å²) in [5, 5.41) is 12.2. The molecule has 3 rings (SSSR count). The van der Waals surface area contributed by atoms with Crippen LogP contribution < -0.4 is 19.7 Å². The molecule has 0 spiro atoms. The number of hydrogen-bond acceptors (Lipinski definition) is 5. The molecule has 0 unspecified atom stereocenters. The summed E-state index contributed by atoms with van der Waals surface area (Å²) >= 11 is 0. The number of aromatic hydroxyl groups is 1. The van der Waals surface area contributed by atoms with E-state index in [2.05, 4.69) is 5.32 Å². The number of carbonyl (C=O) groups excluding carboxylic acids is 2. The summed E-state index contributed by atoms with van der Waals surface area (Å²) in [7, 11) is 3.07. The number of carbonyl (C=O) groups is 2. The van der Waals surface area contributed by atoms with Gasteiger partial charge in [0.1, 0.15) is 17.2 Å². The first-order chi connectivity index (χ1) is 12.5. The SMILES string of the molecule is COc1ccc(N2C[C@H](C(=O)Nc3cccc(O)c3)CC2=O)c(OC)c1. The Balaban J connectivity index is 1.75. The number of ether oxygens (including phenoxy) is 2. The van der Waals surface area contributed by atoms with Crippen molar-refractivity contribution in [1.29, 1.82) is 0 Å². The number of rotatable bonds is 5. The van der Waals surface area contributed by atoms with E-state index >= 15 is 0 Å². The van der Waals surface area contributed by atoms with Crippen LogP contribution in [0.2, 0.25) is 0 Å². The van der Waals surface area contributed by atoms with Gasteiger partial charge in [-0.25, -0.2) is 0 Å². The summed E-state index contributed by atoms with van der Waals surface area (Å²) in [6.07, 6.45) is 0.111. The van der Waals surface area contributed by atoms with Crippen LogP contribution in [0.4, 0.5) is 11.4 Å². The summed E-state index contributed by atoms with van der Waals surface area (Å²) in [5.74, 6) is 0.289. The Hall–Kier alpha value is -3.22. The lowest BCUT2D eigenvalue weighted by Gasteiger charge is -2.20. The Morgan fingerprint density at radius 1 is 1.19 bits per heavy atom. The lowest BCUT2D eigenvalue weighted by molar-refractivity contribution is -0.122. The first kappa shape index (κ1) is 17.6. The van der Waals surface area contributed by atoms with Crippen LogP contribution in [-0.4, -0.2) is 37.7 Å². The number of phenols is 1. The number of nitrogens with one attached hydrogen (secondary N) is 1. The third kappa shape index (κ3) is 3.56. The Morgan fingerprint density at radius 3 is 2.69 bits per heavy atom. The molecule has 2 N–H and O–H groups in total. The highest BCUT2D eigenvalue weighted by Crippen LogP contribution is 2.36. The zero-order valence-electron chi connectivity index (χ0n) is 14.6. The van der Waals surface area contributed by atoms with Crippen molar-refractivity contribution in [2.75, 3.05) is 31.0 Å². The quantitative estimate of drug-likeness (QED) is 0.859. The van der Waals surface area contributed by atoms with E-state index in [-0.39, 0.29) is 30.5 Å². The largest absolute Gasteiger partial charge is 0.508 e. The molecule has 2 amide bonds. The van der Waals surface area contributed by atoms with E-state index in [9.17, 15) is 14.7 Å². The van der Waals surface area contributed by atoms with Gasteiger partial charge < -0.3 is 24.8 Å². The van der Waals surface area contributed by atoms with Crippen LogP contribution in [-0.2, 0) is 9.59 Å². The minimum absolute atomic E-state index is 0.0647. The van der Waals surface area contributed by atoms with Crippen LogP contribution in [0.15, 0.2) is 42.5 Å². The summed E-state index contributed by atoms with van der Waals surface area (Å²) in [4.78, 5) is 26.5. The number of methoxy groups -OCH3 is 2. The second-order valence-electron chi connectivity index (χ2n) is 5.98. The molecule has 0 aromatic heterocycles. The fraction of sp³-hybridized carbons (Fsp3) is 0.263. The Labute approximate surface area is 151 Å². The maximum atomic E-state index is 12.5. The normalized spacial score (nSPS) is 16.5. The van der Waals surface area contributed by atoms with Gasteiger partial charge in [0.25, 0.3) is 0 Å². The molecule has 0 radical (unpaired) electrons. The van der Waals surface area contributed by atoms with E-state index in [0.717, 1.165) is 0 Å². The Bertz CT molecular complexity index is 836. The van der Waals surface area contributed by atoms with Crippen molar-refractivity contribution >= 4 is 23.2 Å². The summed E-state index contributed by atoms with van der Waals surface area (Å²) < 4.78 is 10.5. The maximum absolute atomic E-state index is 12.5. The van der Waals surface area contributed by atoms with Gasteiger partial charge in [0.15, 0.2) is 0 Å². The maximum Gasteiger partial charge on any atom is 0.229 e. The minimum Gasteiger partial charge on any atom is -0.508 e. The van der Waals surface area contributed by atoms with E-state index in [1.165, 1.54) is 19.2 Å². The lowest BCUT2D eigenvalue weighted by atomic mass is 10.1. The number of anilines is 2. The van der Waals surface area contributed by atoms with Crippen molar-refractivity contribution < 1.29 is 24.2 Å². The zero-order chi connectivity index (χ0) is 18.7. The van der Waals surface area contributed by atoms with Crippen LogP contribution in [0, 0.1) is 5.92 Å². The summed E-state index contributed by atoms with van der Waals surface area (Å²) in [5.41, 5.74) is 1.09. The van der Waals surface area contributed by atoms with Crippen molar-refractivity contribution in [3.8, 4) is 17.2 Å². The number of benzene rings is 2. The van der Waals surface area contributed by atoms with Gasteiger partial charge in [-0.1, -0.05) is 6.07 Å². The molecule has 0 saturated carbocycles. The second kappa shape index (κ2) is 7.35. The van der Waals surface area contributed by atoms with Crippen molar-refractivity contribution in [1.82, 2.24) is 0 Å². The summed E-state index contributed by atoms with van der Waals surface area (Å²) in [6.45, 7) is 0.256. The molecule has 1 fully saturated rings. The molecule has 1 aliphatic heterocycles. The predicted molar refractivity (Wildman–Crippen MR) is 96.7 cm³/mol. The van der Waals surface area contributed by atoms with Crippen molar-refractivity contribution in [2.45, 2.75) is 6.42 Å². The number of amides is 2. The van der Waals surface area contributed by atoms with Crippen LogP contribution in [0.1, 0.15) is 6.42 Å². The smallest absolute Gasteiger partial charge is 0.229 e. The highest BCUT2D eigenvalue weighted by molar-refractivity contribution is 6.04. The number of hydrogen-bond donors (Lipinski definition) is 2. The molecule has 136 valence electrons. The van der Waals surface area contributed by atoms with Gasteiger partial charge in [-0.2, -0.15) is 0 Å². The molecule has 1 heterocycles. The molecule has 7 heteroatoms. The molecular weight excluding hydrogens is 336 g/mol. The van der Waals surface area contributed by atoms with Gasteiger partial charge in [0.2, 0.25) is 11.8 Å². The molecule has 1 atom stereocenters. The predicted octanol–water partition coefficient (Wildman–Crippen LogP) is 2.40. The summed E-state index contributed by atoms with van der Waals surface area (Å²) in [6, 6.07) is 11.5. The van der Waals surface area contributed by atoms with Gasteiger partial charge in [-0.15, -0.1) is 0 Å². The second-order valence-corrected chi connectivity index (χ2v) is 5.98. The molecule has 0 bridgehead atoms.